The number of Topliss-reactive ketones (excluding diaryl/α,β-unsaturated/α-hetero) is 1. The Balaban J connectivity index is 1.79. The third-order valence-corrected chi connectivity index (χ3v) is 6.57. The summed E-state index contributed by atoms with van der Waals surface area (Å²) in [5.74, 6) is 0.237. The molecule has 6 heteroatoms. The van der Waals surface area contributed by atoms with E-state index >= 15 is 0 Å². The Kier molecular flexibility index (Phi) is 5.30. The van der Waals surface area contributed by atoms with Gasteiger partial charge in [0.2, 0.25) is 0 Å². The number of rotatable bonds is 4. The highest BCUT2D eigenvalue weighted by molar-refractivity contribution is 7.10. The molecule has 0 bridgehead atoms. The Labute approximate surface area is 174 Å². The lowest BCUT2D eigenvalue weighted by molar-refractivity contribution is -0.143. The number of ketones is 1. The van der Waals surface area contributed by atoms with E-state index in [0.717, 1.165) is 17.9 Å². The van der Waals surface area contributed by atoms with E-state index in [-0.39, 0.29) is 17.8 Å². The van der Waals surface area contributed by atoms with Crippen LogP contribution in [0.4, 0.5) is 0 Å². The smallest absolute Gasteiger partial charge is 0.336 e. The fourth-order valence-corrected chi connectivity index (χ4v) is 5.20. The number of thiophene rings is 1. The van der Waals surface area contributed by atoms with Crippen molar-refractivity contribution in [3.63, 3.8) is 0 Å². The molecule has 4 rings (SSSR count). The van der Waals surface area contributed by atoms with Crippen LogP contribution in [-0.4, -0.2) is 23.6 Å². The quantitative estimate of drug-likeness (QED) is 0.651. The van der Waals surface area contributed by atoms with Gasteiger partial charge >= 0.3 is 5.97 Å². The van der Waals surface area contributed by atoms with Gasteiger partial charge in [-0.25, -0.2) is 4.79 Å². The van der Waals surface area contributed by atoms with Gasteiger partial charge in [-0.1, -0.05) is 6.07 Å². The van der Waals surface area contributed by atoms with Gasteiger partial charge in [0.05, 0.1) is 23.5 Å². The number of aryl methyl sites for hydroxylation is 1. The second-order valence-electron chi connectivity index (χ2n) is 8.05. The molecule has 1 unspecified atom stereocenters. The molecule has 2 aliphatic rings. The van der Waals surface area contributed by atoms with Crippen molar-refractivity contribution in [2.24, 2.45) is 10.9 Å². The average molecular weight is 412 g/mol. The summed E-state index contributed by atoms with van der Waals surface area (Å²) >= 11 is 1.67. The lowest BCUT2D eigenvalue weighted by atomic mass is 9.68. The number of allylic oxidation sites excluding steroid dienone is 1. The molecule has 0 N–H and O–H groups in total. The van der Waals surface area contributed by atoms with Crippen molar-refractivity contribution >= 4 is 28.8 Å². The molecule has 2 aromatic rings. The van der Waals surface area contributed by atoms with Crippen molar-refractivity contribution in [3.8, 4) is 0 Å². The van der Waals surface area contributed by atoms with E-state index in [0.29, 0.717) is 23.5 Å². The fourth-order valence-electron chi connectivity index (χ4n) is 4.37. The van der Waals surface area contributed by atoms with Crippen LogP contribution in [0, 0.1) is 12.8 Å². The Morgan fingerprint density at radius 1 is 1.21 bits per heavy atom. The Morgan fingerprint density at radius 3 is 2.62 bits per heavy atom. The summed E-state index contributed by atoms with van der Waals surface area (Å²) in [7, 11) is 0. The molecule has 1 aliphatic heterocycles. The van der Waals surface area contributed by atoms with Crippen LogP contribution in [0.3, 0.4) is 0 Å². The van der Waals surface area contributed by atoms with Crippen molar-refractivity contribution in [2.45, 2.75) is 58.5 Å². The third-order valence-electron chi connectivity index (χ3n) is 5.53. The molecule has 5 nitrogen and oxygen atoms in total. The normalized spacial score (nSPS) is 24.5. The highest BCUT2D eigenvalue weighted by Crippen LogP contribution is 2.46. The van der Waals surface area contributed by atoms with Crippen LogP contribution in [0.5, 0.6) is 0 Å². The van der Waals surface area contributed by atoms with Gasteiger partial charge in [-0.2, -0.15) is 0 Å². The maximum Gasteiger partial charge on any atom is 0.336 e. The van der Waals surface area contributed by atoms with E-state index < -0.39 is 17.8 Å². The largest absolute Gasteiger partial charge is 0.466 e. The number of esters is 1. The Bertz CT molecular complexity index is 996. The lowest BCUT2D eigenvalue weighted by Gasteiger charge is -2.37. The van der Waals surface area contributed by atoms with E-state index in [4.69, 9.17) is 14.1 Å². The zero-order chi connectivity index (χ0) is 20.7. The van der Waals surface area contributed by atoms with E-state index in [2.05, 4.69) is 6.07 Å². The molecule has 0 saturated heterocycles. The van der Waals surface area contributed by atoms with Crippen LogP contribution in [0.15, 0.2) is 50.3 Å². The summed E-state index contributed by atoms with van der Waals surface area (Å²) in [6, 6.07) is 7.81. The minimum atomic E-state index is -0.487. The summed E-state index contributed by atoms with van der Waals surface area (Å²) in [4.78, 5) is 32.2. The van der Waals surface area contributed by atoms with Gasteiger partial charge < -0.3 is 9.15 Å². The average Bonchev–Trinajstić information content (AvgIpc) is 3.31. The number of nitrogens with zero attached hydrogens (tertiary/aromatic N) is 1. The summed E-state index contributed by atoms with van der Waals surface area (Å²) in [6.07, 6.45) is 0.917. The van der Waals surface area contributed by atoms with Crippen LogP contribution in [0.25, 0.3) is 0 Å². The number of fused-ring (bicyclic) bond motifs is 1. The highest BCUT2D eigenvalue weighted by atomic mass is 32.1. The molecule has 2 aromatic heterocycles. The first kappa shape index (κ1) is 19.8. The van der Waals surface area contributed by atoms with Gasteiger partial charge in [0.1, 0.15) is 17.3 Å². The van der Waals surface area contributed by atoms with Gasteiger partial charge in [0, 0.05) is 28.6 Å². The second kappa shape index (κ2) is 7.75. The Hall–Kier alpha value is -2.47. The number of aliphatic imine (C=N–C) groups is 1. The molecule has 3 heterocycles. The maximum atomic E-state index is 13.3. The molecule has 0 aromatic carbocycles. The molecule has 3 atom stereocenters. The van der Waals surface area contributed by atoms with Crippen molar-refractivity contribution in [2.75, 3.05) is 0 Å². The third kappa shape index (κ3) is 3.73. The van der Waals surface area contributed by atoms with E-state index in [1.54, 1.807) is 11.3 Å². The van der Waals surface area contributed by atoms with Crippen LogP contribution in [-0.2, 0) is 14.3 Å². The van der Waals surface area contributed by atoms with Crippen LogP contribution < -0.4 is 0 Å². The van der Waals surface area contributed by atoms with Crippen molar-refractivity contribution in [1.82, 2.24) is 0 Å². The highest BCUT2D eigenvalue weighted by Gasteiger charge is 2.47. The molecule has 1 fully saturated rings. The molecule has 0 radical (unpaired) electrons. The molecule has 1 aliphatic carbocycles. The van der Waals surface area contributed by atoms with Crippen molar-refractivity contribution in [3.05, 3.63) is 57.3 Å². The predicted molar refractivity (Wildman–Crippen MR) is 112 cm³/mol. The lowest BCUT2D eigenvalue weighted by Crippen LogP contribution is -2.41. The van der Waals surface area contributed by atoms with Crippen molar-refractivity contribution < 1.29 is 18.7 Å². The van der Waals surface area contributed by atoms with Gasteiger partial charge in [0.15, 0.2) is 0 Å². The number of carbonyl (C=O) groups is 2. The van der Waals surface area contributed by atoms with Gasteiger partial charge in [-0.15, -0.1) is 11.3 Å². The molecular formula is C23H25NO4S. The van der Waals surface area contributed by atoms with Crippen LogP contribution in [0.1, 0.15) is 61.8 Å². The van der Waals surface area contributed by atoms with Crippen LogP contribution >= 0.6 is 11.3 Å². The minimum absolute atomic E-state index is 0.106. The number of hydrogen-bond donors (Lipinski definition) is 0. The minimum Gasteiger partial charge on any atom is -0.466 e. The molecule has 0 amide bonds. The van der Waals surface area contributed by atoms with Crippen molar-refractivity contribution in [1.29, 1.82) is 0 Å². The maximum absolute atomic E-state index is 13.3. The number of hydrogen-bond acceptors (Lipinski definition) is 6. The summed E-state index contributed by atoms with van der Waals surface area (Å²) in [5, 5.41) is 2.04. The fraction of sp³-hybridized carbons (Fsp3) is 0.435. The van der Waals surface area contributed by atoms with Crippen LogP contribution in [0.2, 0.25) is 0 Å². The monoisotopic (exact) mass is 411 g/mol. The van der Waals surface area contributed by atoms with E-state index in [1.807, 2.05) is 51.3 Å². The predicted octanol–water partition coefficient (Wildman–Crippen LogP) is 5.18. The van der Waals surface area contributed by atoms with Gasteiger partial charge in [-0.05, 0) is 57.7 Å². The SMILES string of the molecule is CC1=C(C(=O)OC(C)C)[C@@H](c2ccc(C)o2)C2C(=O)C[C@H](c3cccs3)CC2=N1. The first-order valence-corrected chi connectivity index (χ1v) is 10.8. The summed E-state index contributed by atoms with van der Waals surface area (Å²) in [6.45, 7) is 7.31. The number of ether oxygens (including phenoxy) is 1. The van der Waals surface area contributed by atoms with Gasteiger partial charge in [0.25, 0.3) is 0 Å². The van der Waals surface area contributed by atoms with E-state index in [1.165, 1.54) is 4.88 Å². The molecular weight excluding hydrogens is 386 g/mol. The molecule has 29 heavy (non-hydrogen) atoms. The zero-order valence-corrected chi connectivity index (χ0v) is 17.9. The first-order valence-electron chi connectivity index (χ1n) is 9.96. The standard InChI is InChI=1S/C23H25NO4S/c1-12(2)27-23(26)20-14(4)24-16-10-15(19-6-5-9-29-19)11-17(25)21(16)22(20)18-8-7-13(3)28-18/h5-9,12,15,21-22H,10-11H2,1-4H3/t15-,21?,22-/m1/s1. The summed E-state index contributed by atoms with van der Waals surface area (Å²) in [5.41, 5.74) is 1.89. The number of carbonyl (C=O) groups excluding carboxylic acids is 2. The molecule has 1 saturated carbocycles. The second-order valence-corrected chi connectivity index (χ2v) is 9.03. The summed E-state index contributed by atoms with van der Waals surface area (Å²) < 4.78 is 11.4. The topological polar surface area (TPSA) is 68.9 Å². The zero-order valence-electron chi connectivity index (χ0n) is 17.1. The molecule has 0 spiro atoms. The van der Waals surface area contributed by atoms with E-state index in [9.17, 15) is 9.59 Å². The molecule has 152 valence electrons. The Morgan fingerprint density at radius 2 is 2.00 bits per heavy atom. The first-order chi connectivity index (χ1) is 13.8. The van der Waals surface area contributed by atoms with Gasteiger partial charge in [-0.3, -0.25) is 9.79 Å². The number of furan rings is 1.